The molecule has 6 rings (SSSR count). The molecule has 0 spiro atoms. The zero-order valence-corrected chi connectivity index (χ0v) is 23.8. The summed E-state index contributed by atoms with van der Waals surface area (Å²) < 4.78 is 0. The molecule has 6 aromatic carbocycles. The summed E-state index contributed by atoms with van der Waals surface area (Å²) in [6.07, 6.45) is 0. The Morgan fingerprint density at radius 2 is 0.615 bits per heavy atom. The van der Waals surface area contributed by atoms with E-state index in [1.165, 1.54) is 11.1 Å². The predicted molar refractivity (Wildman–Crippen MR) is 158 cm³/mol. The molecule has 0 aliphatic heterocycles. The number of benzene rings is 6. The fourth-order valence-electron chi connectivity index (χ4n) is 3.72. The molecule has 0 nitrogen and oxygen atoms in total. The molecule has 0 unspecified atom stereocenters. The summed E-state index contributed by atoms with van der Waals surface area (Å²) in [4.78, 5) is 0. The SMILES string of the molecule is Cc1cc[c-]c(-c2[c-]ccc(C)c2)c1.[Ru+8].[c-]1ccccc1-c1[c-]cccc1.[c-]1ccccc1-c1[c-]cccc1. The number of aryl methyl sites for hydroxylation is 2. The summed E-state index contributed by atoms with van der Waals surface area (Å²) in [7, 11) is 0. The molecule has 0 bridgehead atoms. The van der Waals surface area contributed by atoms with Gasteiger partial charge in [-0.2, -0.15) is 133 Å². The van der Waals surface area contributed by atoms with Gasteiger partial charge in [-0.05, 0) is 0 Å². The summed E-state index contributed by atoms with van der Waals surface area (Å²) in [5.74, 6) is 0. The van der Waals surface area contributed by atoms with Gasteiger partial charge in [-0.25, -0.2) is 33.4 Å². The number of hydrogen-bond acceptors (Lipinski definition) is 0. The molecule has 0 atom stereocenters. The minimum atomic E-state index is 0. The first-order valence-corrected chi connectivity index (χ1v) is 12.5. The van der Waals surface area contributed by atoms with E-state index in [4.69, 9.17) is 0 Å². The van der Waals surface area contributed by atoms with Crippen molar-refractivity contribution in [3.05, 3.63) is 181 Å². The summed E-state index contributed by atoms with van der Waals surface area (Å²) in [5.41, 5.74) is 9.14. The van der Waals surface area contributed by atoms with Crippen LogP contribution < -0.4 is 0 Å². The minimum Gasteiger partial charge on any atom is -0.226 e. The Labute approximate surface area is 246 Å². The first-order valence-electron chi connectivity index (χ1n) is 12.5. The van der Waals surface area contributed by atoms with Gasteiger partial charge in [-0.3, -0.25) is 0 Å². The van der Waals surface area contributed by atoms with Crippen LogP contribution >= 0.6 is 0 Å². The second-order valence-corrected chi connectivity index (χ2v) is 8.66. The average Bonchev–Trinajstić information content (AvgIpc) is 3.00. The van der Waals surface area contributed by atoms with Crippen molar-refractivity contribution in [2.24, 2.45) is 0 Å². The van der Waals surface area contributed by atoms with Gasteiger partial charge in [0.1, 0.15) is 0 Å². The van der Waals surface area contributed by atoms with E-state index in [2.05, 4.69) is 74.5 Å². The zero-order valence-electron chi connectivity index (χ0n) is 22.1. The third-order valence-electron chi connectivity index (χ3n) is 5.62. The van der Waals surface area contributed by atoms with Crippen LogP contribution in [0.2, 0.25) is 0 Å². The van der Waals surface area contributed by atoms with E-state index < -0.39 is 0 Å². The molecule has 0 heterocycles. The third-order valence-corrected chi connectivity index (χ3v) is 5.62. The Bertz CT molecular complexity index is 1300. The maximum atomic E-state index is 3.22. The van der Waals surface area contributed by atoms with Gasteiger partial charge in [-0.1, -0.05) is 13.8 Å². The van der Waals surface area contributed by atoms with Crippen LogP contribution in [0, 0.1) is 50.2 Å². The average molecular weight is 586 g/mol. The quantitative estimate of drug-likeness (QED) is 0.143. The van der Waals surface area contributed by atoms with Gasteiger partial charge in [0.2, 0.25) is 0 Å². The molecule has 0 saturated heterocycles. The predicted octanol–water partition coefficient (Wildman–Crippen LogP) is 9.48. The van der Waals surface area contributed by atoms with E-state index in [1.54, 1.807) is 0 Å². The Kier molecular flexibility index (Phi) is 12.1. The molecule has 0 aliphatic rings. The maximum Gasteiger partial charge on any atom is 8.00 e. The van der Waals surface area contributed by atoms with E-state index in [-0.39, 0.29) is 19.5 Å². The molecule has 0 aliphatic carbocycles. The fourth-order valence-corrected chi connectivity index (χ4v) is 3.72. The Balaban J connectivity index is 0.000000160. The fraction of sp³-hybridized carbons (Fsp3) is 0.0526. The molecule has 0 aromatic heterocycles. The normalized spacial score (nSPS) is 9.59. The maximum absolute atomic E-state index is 3.22. The zero-order chi connectivity index (χ0) is 26.4. The van der Waals surface area contributed by atoms with Crippen molar-refractivity contribution in [3.63, 3.8) is 0 Å². The van der Waals surface area contributed by atoms with Crippen LogP contribution in [0.25, 0.3) is 33.4 Å². The summed E-state index contributed by atoms with van der Waals surface area (Å²) >= 11 is 0. The van der Waals surface area contributed by atoms with Gasteiger partial charge in [0.25, 0.3) is 0 Å². The van der Waals surface area contributed by atoms with Gasteiger partial charge in [0, 0.05) is 0 Å². The van der Waals surface area contributed by atoms with E-state index in [0.717, 1.165) is 33.4 Å². The second kappa shape index (κ2) is 16.0. The molecule has 6 aromatic rings. The standard InChI is InChI=1S/C14H12.2C12H8.Ru/c1-11-5-3-7-13(9-11)14-8-4-6-12(2)10-14;2*1-3-7-11(8-4-1)12-9-5-2-6-10-12;/h3-6,9-10H,1-2H3;2*1-7,9H;/q3*-2;+8. The van der Waals surface area contributed by atoms with Crippen LogP contribution in [0.1, 0.15) is 11.1 Å². The van der Waals surface area contributed by atoms with Crippen molar-refractivity contribution in [3.8, 4) is 33.4 Å². The number of hydrogen-bond donors (Lipinski definition) is 0. The second-order valence-electron chi connectivity index (χ2n) is 8.66. The molecular formula is C38H28Ru+2. The van der Waals surface area contributed by atoms with Gasteiger partial charge >= 0.3 is 19.5 Å². The monoisotopic (exact) mass is 586 g/mol. The minimum absolute atomic E-state index is 0. The molecular weight excluding hydrogens is 557 g/mol. The van der Waals surface area contributed by atoms with Gasteiger partial charge in [0.15, 0.2) is 0 Å². The van der Waals surface area contributed by atoms with E-state index >= 15 is 0 Å². The van der Waals surface area contributed by atoms with Crippen LogP contribution in [0.3, 0.4) is 0 Å². The topological polar surface area (TPSA) is 0 Å². The third kappa shape index (κ3) is 9.64. The van der Waals surface area contributed by atoms with Crippen molar-refractivity contribution >= 4 is 0 Å². The molecule has 186 valence electrons. The largest absolute Gasteiger partial charge is 8.00 e. The number of rotatable bonds is 3. The Morgan fingerprint density at radius 1 is 0.333 bits per heavy atom. The van der Waals surface area contributed by atoms with Crippen LogP contribution in [-0.4, -0.2) is 0 Å². The molecule has 0 radical (unpaired) electrons. The van der Waals surface area contributed by atoms with Crippen molar-refractivity contribution in [2.45, 2.75) is 13.8 Å². The van der Waals surface area contributed by atoms with E-state index in [0.29, 0.717) is 0 Å². The molecule has 1 heteroatoms. The van der Waals surface area contributed by atoms with Crippen LogP contribution in [-0.2, 0) is 19.5 Å². The van der Waals surface area contributed by atoms with Crippen LogP contribution in [0.15, 0.2) is 133 Å². The van der Waals surface area contributed by atoms with Gasteiger partial charge in [0.05, 0.1) is 0 Å². The Hall–Kier alpha value is -4.06. The smallest absolute Gasteiger partial charge is 0.226 e. The molecule has 0 N–H and O–H groups in total. The molecule has 39 heavy (non-hydrogen) atoms. The van der Waals surface area contributed by atoms with Crippen molar-refractivity contribution in [1.82, 2.24) is 0 Å². The van der Waals surface area contributed by atoms with Crippen LogP contribution in [0.5, 0.6) is 0 Å². The van der Waals surface area contributed by atoms with Crippen LogP contribution in [0.4, 0.5) is 0 Å². The first-order chi connectivity index (χ1) is 18.7. The first kappa shape index (κ1) is 29.5. The summed E-state index contributed by atoms with van der Waals surface area (Å²) in [5, 5.41) is 0. The van der Waals surface area contributed by atoms with E-state index in [9.17, 15) is 0 Å². The summed E-state index contributed by atoms with van der Waals surface area (Å²) in [6, 6.07) is 63.0. The molecule has 0 fully saturated rings. The van der Waals surface area contributed by atoms with Gasteiger partial charge in [-0.15, -0.1) is 47.5 Å². The molecule has 0 amide bonds. The van der Waals surface area contributed by atoms with Crippen molar-refractivity contribution in [2.75, 3.05) is 0 Å². The molecule has 0 saturated carbocycles. The summed E-state index contributed by atoms with van der Waals surface area (Å²) in [6.45, 7) is 4.18. The van der Waals surface area contributed by atoms with Crippen molar-refractivity contribution < 1.29 is 19.5 Å². The van der Waals surface area contributed by atoms with Crippen molar-refractivity contribution in [1.29, 1.82) is 0 Å². The van der Waals surface area contributed by atoms with E-state index in [1.807, 2.05) is 109 Å². The Morgan fingerprint density at radius 3 is 0.846 bits per heavy atom. The van der Waals surface area contributed by atoms with Gasteiger partial charge < -0.3 is 0 Å².